The van der Waals surface area contributed by atoms with Crippen LogP contribution in [0.3, 0.4) is 0 Å². The predicted octanol–water partition coefficient (Wildman–Crippen LogP) is 5.38. The second kappa shape index (κ2) is 8.43. The number of carbonyl (C=O) groups is 1. The van der Waals surface area contributed by atoms with Gasteiger partial charge in [0, 0.05) is 16.1 Å². The van der Waals surface area contributed by atoms with E-state index in [-0.39, 0.29) is 29.3 Å². The van der Waals surface area contributed by atoms with E-state index in [0.29, 0.717) is 27.5 Å². The lowest BCUT2D eigenvalue weighted by Gasteiger charge is -2.12. The van der Waals surface area contributed by atoms with E-state index in [4.69, 9.17) is 25.5 Å². The summed E-state index contributed by atoms with van der Waals surface area (Å²) in [5, 5.41) is 0.681. The Bertz CT molecular complexity index is 1260. The zero-order valence-corrected chi connectivity index (χ0v) is 16.8. The molecule has 0 saturated heterocycles. The third kappa shape index (κ3) is 3.93. The molecule has 6 heteroatoms. The summed E-state index contributed by atoms with van der Waals surface area (Å²) in [7, 11) is 1.57. The normalized spacial score (nSPS) is 10.7. The zero-order chi connectivity index (χ0) is 21.1. The fourth-order valence-corrected chi connectivity index (χ4v) is 3.23. The molecule has 0 N–H and O–H groups in total. The molecule has 3 aromatic carbocycles. The van der Waals surface area contributed by atoms with Gasteiger partial charge in [-0.3, -0.25) is 9.59 Å². The Hall–Kier alpha value is -3.57. The molecule has 150 valence electrons. The molecule has 0 amide bonds. The van der Waals surface area contributed by atoms with Gasteiger partial charge in [0.25, 0.3) is 0 Å². The van der Waals surface area contributed by atoms with Gasteiger partial charge in [-0.05, 0) is 42.5 Å². The van der Waals surface area contributed by atoms with Gasteiger partial charge < -0.3 is 13.9 Å². The number of halogens is 1. The van der Waals surface area contributed by atoms with Crippen LogP contribution in [0.2, 0.25) is 5.02 Å². The Kier molecular flexibility index (Phi) is 5.55. The van der Waals surface area contributed by atoms with Gasteiger partial charge in [-0.15, -0.1) is 0 Å². The van der Waals surface area contributed by atoms with Crippen LogP contribution in [0.1, 0.15) is 10.4 Å². The summed E-state index contributed by atoms with van der Waals surface area (Å²) in [6, 6.07) is 20.5. The van der Waals surface area contributed by atoms with Gasteiger partial charge in [0.1, 0.15) is 11.3 Å². The van der Waals surface area contributed by atoms with Gasteiger partial charge in [-0.1, -0.05) is 41.9 Å². The third-order valence-corrected chi connectivity index (χ3v) is 4.84. The maximum atomic E-state index is 13.2. The number of carbonyl (C=O) groups excluding carboxylic acids is 1. The van der Waals surface area contributed by atoms with Crippen LogP contribution in [0, 0.1) is 0 Å². The van der Waals surface area contributed by atoms with Crippen molar-refractivity contribution in [2.24, 2.45) is 0 Å². The average molecular weight is 421 g/mol. The van der Waals surface area contributed by atoms with Gasteiger partial charge in [-0.2, -0.15) is 0 Å². The summed E-state index contributed by atoms with van der Waals surface area (Å²) in [4.78, 5) is 25.7. The van der Waals surface area contributed by atoms with Gasteiger partial charge in [0.15, 0.2) is 18.2 Å². The minimum Gasteiger partial charge on any atom is -0.497 e. The third-order valence-electron chi connectivity index (χ3n) is 4.61. The number of methoxy groups -OCH3 is 1. The van der Waals surface area contributed by atoms with Crippen molar-refractivity contribution in [3.63, 3.8) is 0 Å². The quantitative estimate of drug-likeness (QED) is 0.391. The molecule has 4 rings (SSSR count). The Morgan fingerprint density at radius 1 is 1.00 bits per heavy atom. The molecule has 0 atom stereocenters. The maximum Gasteiger partial charge on any atom is 0.235 e. The van der Waals surface area contributed by atoms with Crippen molar-refractivity contribution in [3.05, 3.63) is 93.6 Å². The van der Waals surface area contributed by atoms with Gasteiger partial charge in [0.05, 0.1) is 12.5 Å². The molecular weight excluding hydrogens is 404 g/mol. The van der Waals surface area contributed by atoms with Crippen LogP contribution >= 0.6 is 11.6 Å². The van der Waals surface area contributed by atoms with E-state index in [2.05, 4.69) is 0 Å². The highest BCUT2D eigenvalue weighted by atomic mass is 35.5. The Morgan fingerprint density at radius 2 is 1.73 bits per heavy atom. The lowest BCUT2D eigenvalue weighted by Crippen LogP contribution is -2.17. The van der Waals surface area contributed by atoms with Crippen LogP contribution in [-0.2, 0) is 0 Å². The second-order valence-electron chi connectivity index (χ2n) is 6.54. The topological polar surface area (TPSA) is 65.7 Å². The van der Waals surface area contributed by atoms with E-state index in [9.17, 15) is 9.59 Å². The molecule has 0 aliphatic heterocycles. The molecule has 4 aromatic rings. The van der Waals surface area contributed by atoms with Crippen LogP contribution < -0.4 is 14.9 Å². The summed E-state index contributed by atoms with van der Waals surface area (Å²) in [6.45, 7) is -0.302. The molecule has 5 nitrogen and oxygen atoms in total. The summed E-state index contributed by atoms with van der Waals surface area (Å²) in [5.41, 5.74) is 1.09. The van der Waals surface area contributed by atoms with E-state index >= 15 is 0 Å². The highest BCUT2D eigenvalue weighted by molar-refractivity contribution is 6.31. The lowest BCUT2D eigenvalue weighted by atomic mass is 10.1. The number of benzene rings is 3. The molecular formula is C24H17ClO5. The average Bonchev–Trinajstić information content (AvgIpc) is 2.79. The van der Waals surface area contributed by atoms with Gasteiger partial charge >= 0.3 is 0 Å². The molecule has 1 aromatic heterocycles. The van der Waals surface area contributed by atoms with E-state index in [0.717, 1.165) is 0 Å². The number of Topliss-reactive ketones (excluding diaryl/α,β-unsaturated/α-hetero) is 1. The number of hydrogen-bond acceptors (Lipinski definition) is 5. The van der Waals surface area contributed by atoms with Crippen LogP contribution in [0.4, 0.5) is 0 Å². The molecule has 30 heavy (non-hydrogen) atoms. The molecule has 0 saturated carbocycles. The minimum atomic E-state index is -0.398. The monoisotopic (exact) mass is 420 g/mol. The van der Waals surface area contributed by atoms with E-state index in [1.807, 2.05) is 6.07 Å². The first-order chi connectivity index (χ1) is 14.6. The Labute approximate surface area is 177 Å². The maximum absolute atomic E-state index is 13.2. The predicted molar refractivity (Wildman–Crippen MR) is 116 cm³/mol. The fraction of sp³-hybridized carbons (Fsp3) is 0.0833. The van der Waals surface area contributed by atoms with Crippen molar-refractivity contribution >= 4 is 28.4 Å². The molecule has 0 radical (unpaired) electrons. The van der Waals surface area contributed by atoms with Crippen LogP contribution in [0.15, 0.2) is 82.0 Å². The minimum absolute atomic E-state index is 0.0424. The van der Waals surface area contributed by atoms with Crippen LogP contribution in [0.25, 0.3) is 22.3 Å². The molecule has 0 bridgehead atoms. The van der Waals surface area contributed by atoms with Gasteiger partial charge in [0.2, 0.25) is 11.2 Å². The standard InChI is InChI=1S/C24H17ClO5/c1-28-18-10-7-16(8-11-18)23-24(29-14-20(26)15-5-3-2-4-6-15)22(27)19-13-17(25)9-12-21(19)30-23/h2-13H,14H2,1H3. The largest absolute Gasteiger partial charge is 0.497 e. The fourth-order valence-electron chi connectivity index (χ4n) is 3.06. The highest BCUT2D eigenvalue weighted by Crippen LogP contribution is 2.32. The van der Waals surface area contributed by atoms with E-state index < -0.39 is 5.43 Å². The number of hydrogen-bond donors (Lipinski definition) is 0. The number of fused-ring (bicyclic) bond motifs is 1. The first-order valence-corrected chi connectivity index (χ1v) is 9.56. The van der Waals surface area contributed by atoms with E-state index in [1.165, 1.54) is 6.07 Å². The molecule has 0 spiro atoms. The summed E-state index contributed by atoms with van der Waals surface area (Å²) < 4.78 is 16.9. The van der Waals surface area contributed by atoms with Crippen molar-refractivity contribution in [2.75, 3.05) is 13.7 Å². The number of rotatable bonds is 6. The van der Waals surface area contributed by atoms with Crippen molar-refractivity contribution < 1.29 is 18.7 Å². The van der Waals surface area contributed by atoms with Crippen LogP contribution in [-0.4, -0.2) is 19.5 Å². The lowest BCUT2D eigenvalue weighted by molar-refractivity contribution is 0.0920. The second-order valence-corrected chi connectivity index (χ2v) is 6.97. The number of ketones is 1. The van der Waals surface area contributed by atoms with Crippen molar-refractivity contribution in [1.82, 2.24) is 0 Å². The summed E-state index contributed by atoms with van der Waals surface area (Å²) >= 11 is 6.05. The zero-order valence-electron chi connectivity index (χ0n) is 16.1. The Morgan fingerprint density at radius 3 is 2.43 bits per heavy atom. The summed E-state index contributed by atoms with van der Waals surface area (Å²) in [6.07, 6.45) is 0. The smallest absolute Gasteiger partial charge is 0.235 e. The first kappa shape index (κ1) is 19.7. The Balaban J connectivity index is 1.79. The molecule has 0 unspecified atom stereocenters. The van der Waals surface area contributed by atoms with Crippen molar-refractivity contribution in [3.8, 4) is 22.8 Å². The number of ether oxygens (including phenoxy) is 2. The van der Waals surface area contributed by atoms with E-state index in [1.54, 1.807) is 67.8 Å². The summed E-state index contributed by atoms with van der Waals surface area (Å²) in [5.74, 6) is 0.606. The first-order valence-electron chi connectivity index (χ1n) is 9.18. The molecule has 0 aliphatic carbocycles. The molecule has 1 heterocycles. The van der Waals surface area contributed by atoms with Crippen molar-refractivity contribution in [2.45, 2.75) is 0 Å². The van der Waals surface area contributed by atoms with Crippen molar-refractivity contribution in [1.29, 1.82) is 0 Å². The highest BCUT2D eigenvalue weighted by Gasteiger charge is 2.19. The van der Waals surface area contributed by atoms with Gasteiger partial charge in [-0.25, -0.2) is 0 Å². The SMILES string of the molecule is COc1ccc(-c2oc3ccc(Cl)cc3c(=O)c2OCC(=O)c2ccccc2)cc1. The molecule has 0 fully saturated rings. The molecule has 0 aliphatic rings. The van der Waals surface area contributed by atoms with Crippen LogP contribution in [0.5, 0.6) is 11.5 Å².